The summed E-state index contributed by atoms with van der Waals surface area (Å²) in [4.78, 5) is 19.1. The minimum Gasteiger partial charge on any atom is -0.493 e. The summed E-state index contributed by atoms with van der Waals surface area (Å²) in [6.45, 7) is 2.84. The van der Waals surface area contributed by atoms with Gasteiger partial charge in [0.05, 0.1) is 19.9 Å². The molecule has 2 heterocycles. The third-order valence-electron chi connectivity index (χ3n) is 5.43. The van der Waals surface area contributed by atoms with Crippen molar-refractivity contribution in [1.29, 1.82) is 0 Å². The normalized spacial score (nSPS) is 10.8. The highest BCUT2D eigenvalue weighted by Gasteiger charge is 2.14. The van der Waals surface area contributed by atoms with E-state index in [1.165, 1.54) is 0 Å². The zero-order valence-electron chi connectivity index (χ0n) is 19.2. The molecule has 1 amide bonds. The van der Waals surface area contributed by atoms with Gasteiger partial charge in [-0.2, -0.15) is 0 Å². The van der Waals surface area contributed by atoms with Gasteiger partial charge in [-0.25, -0.2) is 4.98 Å². The molecule has 0 radical (unpaired) electrons. The molecule has 7 heteroatoms. The van der Waals surface area contributed by atoms with E-state index in [4.69, 9.17) is 14.2 Å². The minimum atomic E-state index is -0.0767. The van der Waals surface area contributed by atoms with Crippen LogP contribution in [-0.4, -0.2) is 41.5 Å². The molecule has 0 N–H and O–H groups in total. The Labute approximate surface area is 193 Å². The zero-order chi connectivity index (χ0) is 23.4. The summed E-state index contributed by atoms with van der Waals surface area (Å²) in [6.07, 6.45) is 3.93. The van der Waals surface area contributed by atoms with Gasteiger partial charge >= 0.3 is 0 Å². The molecule has 33 heavy (non-hydrogen) atoms. The van der Waals surface area contributed by atoms with Crippen LogP contribution < -0.4 is 14.2 Å². The lowest BCUT2D eigenvalue weighted by Crippen LogP contribution is -2.26. The number of aromatic nitrogens is 2. The summed E-state index contributed by atoms with van der Waals surface area (Å²) >= 11 is 0. The average molecular weight is 446 g/mol. The Hall–Kier alpha value is -4.00. The lowest BCUT2D eigenvalue weighted by Gasteiger charge is -2.18. The van der Waals surface area contributed by atoms with Crippen molar-refractivity contribution in [2.75, 3.05) is 21.3 Å². The first-order chi connectivity index (χ1) is 16.0. The van der Waals surface area contributed by atoms with Crippen molar-refractivity contribution >= 4 is 11.6 Å². The zero-order valence-corrected chi connectivity index (χ0v) is 19.2. The molecular formula is C26H27N3O4. The van der Waals surface area contributed by atoms with E-state index in [2.05, 4.69) is 4.98 Å². The van der Waals surface area contributed by atoms with Crippen molar-refractivity contribution in [3.05, 3.63) is 89.4 Å². The maximum Gasteiger partial charge on any atom is 0.253 e. The fourth-order valence-electron chi connectivity index (χ4n) is 3.67. The molecule has 4 rings (SSSR count). The summed E-state index contributed by atoms with van der Waals surface area (Å²) in [5.74, 6) is 1.90. The van der Waals surface area contributed by atoms with Gasteiger partial charge in [-0.05, 0) is 60.5 Å². The van der Waals surface area contributed by atoms with E-state index < -0.39 is 0 Å². The van der Waals surface area contributed by atoms with Gasteiger partial charge in [-0.3, -0.25) is 4.79 Å². The van der Waals surface area contributed by atoms with Crippen molar-refractivity contribution < 1.29 is 19.0 Å². The van der Waals surface area contributed by atoms with Crippen LogP contribution in [0.5, 0.6) is 17.2 Å². The van der Waals surface area contributed by atoms with Crippen LogP contribution in [-0.2, 0) is 13.2 Å². The Morgan fingerprint density at radius 3 is 2.48 bits per heavy atom. The number of benzene rings is 2. The second kappa shape index (κ2) is 9.65. The van der Waals surface area contributed by atoms with Gasteiger partial charge in [-0.1, -0.05) is 12.1 Å². The van der Waals surface area contributed by atoms with E-state index in [-0.39, 0.29) is 5.91 Å². The fraction of sp³-hybridized carbons (Fsp3) is 0.231. The van der Waals surface area contributed by atoms with Crippen LogP contribution >= 0.6 is 0 Å². The average Bonchev–Trinajstić information content (AvgIpc) is 3.27. The molecule has 170 valence electrons. The Morgan fingerprint density at radius 1 is 1.03 bits per heavy atom. The van der Waals surface area contributed by atoms with E-state index in [0.717, 1.165) is 22.5 Å². The van der Waals surface area contributed by atoms with Crippen LogP contribution in [0.3, 0.4) is 0 Å². The number of methoxy groups -OCH3 is 2. The third-order valence-corrected chi connectivity index (χ3v) is 5.43. The van der Waals surface area contributed by atoms with Crippen molar-refractivity contribution in [2.45, 2.75) is 20.1 Å². The number of hydrogen-bond donors (Lipinski definition) is 0. The second-order valence-electron chi connectivity index (χ2n) is 7.82. The summed E-state index contributed by atoms with van der Waals surface area (Å²) in [5.41, 5.74) is 4.43. The SMILES string of the molecule is COc1ccc(CN(C)C(=O)c2ccc(OCc3cn4cccc(C)c4n3)cc2)cc1OC. The van der Waals surface area contributed by atoms with Gasteiger partial charge in [0, 0.05) is 31.5 Å². The molecule has 0 fully saturated rings. The van der Waals surface area contributed by atoms with Gasteiger partial charge in [0.25, 0.3) is 5.91 Å². The highest BCUT2D eigenvalue weighted by molar-refractivity contribution is 5.94. The lowest BCUT2D eigenvalue weighted by molar-refractivity contribution is 0.0785. The number of imidazole rings is 1. The Morgan fingerprint density at radius 2 is 1.79 bits per heavy atom. The van der Waals surface area contributed by atoms with E-state index >= 15 is 0 Å². The number of pyridine rings is 1. The van der Waals surface area contributed by atoms with Crippen molar-refractivity contribution in [2.24, 2.45) is 0 Å². The fourth-order valence-corrected chi connectivity index (χ4v) is 3.67. The molecule has 0 saturated heterocycles. The van der Waals surface area contributed by atoms with E-state index in [1.807, 2.05) is 54.0 Å². The van der Waals surface area contributed by atoms with Crippen LogP contribution in [0.15, 0.2) is 67.0 Å². The Balaban J connectivity index is 1.37. The summed E-state index contributed by atoms with van der Waals surface area (Å²) < 4.78 is 18.5. The van der Waals surface area contributed by atoms with Crippen LogP contribution in [0.4, 0.5) is 0 Å². The number of carbonyl (C=O) groups excluding carboxylic acids is 1. The quantitative estimate of drug-likeness (QED) is 0.399. The maximum atomic E-state index is 12.9. The van der Waals surface area contributed by atoms with Gasteiger partial charge < -0.3 is 23.5 Å². The maximum absolute atomic E-state index is 12.9. The molecule has 0 aliphatic rings. The predicted octanol–water partition coefficient (Wildman–Crippen LogP) is 4.51. The smallest absolute Gasteiger partial charge is 0.253 e. The van der Waals surface area contributed by atoms with Gasteiger partial charge in [-0.15, -0.1) is 0 Å². The van der Waals surface area contributed by atoms with Gasteiger partial charge in [0.2, 0.25) is 0 Å². The lowest BCUT2D eigenvalue weighted by atomic mass is 10.1. The minimum absolute atomic E-state index is 0.0767. The van der Waals surface area contributed by atoms with E-state index in [0.29, 0.717) is 36.0 Å². The standard InChI is InChI=1S/C26H27N3O4/c1-18-6-5-13-29-16-21(27-25(18)29)17-33-22-10-8-20(9-11-22)26(30)28(2)15-19-7-12-23(31-3)24(14-19)32-4/h5-14,16H,15,17H2,1-4H3. The highest BCUT2D eigenvalue weighted by atomic mass is 16.5. The van der Waals surface area contributed by atoms with E-state index in [9.17, 15) is 4.79 Å². The van der Waals surface area contributed by atoms with Crippen LogP contribution in [0.1, 0.15) is 27.2 Å². The molecule has 4 aromatic rings. The first-order valence-corrected chi connectivity index (χ1v) is 10.6. The first-order valence-electron chi connectivity index (χ1n) is 10.6. The van der Waals surface area contributed by atoms with E-state index in [1.54, 1.807) is 50.4 Å². The molecule has 0 spiro atoms. The Bertz CT molecular complexity index is 1260. The monoisotopic (exact) mass is 445 g/mol. The molecule has 0 aliphatic heterocycles. The highest BCUT2D eigenvalue weighted by Crippen LogP contribution is 2.28. The van der Waals surface area contributed by atoms with Crippen LogP contribution in [0.25, 0.3) is 5.65 Å². The molecule has 0 aliphatic carbocycles. The number of rotatable bonds is 8. The molecule has 7 nitrogen and oxygen atoms in total. The molecule has 0 atom stereocenters. The third kappa shape index (κ3) is 4.92. The van der Waals surface area contributed by atoms with Crippen molar-refractivity contribution in [3.8, 4) is 17.2 Å². The first kappa shape index (κ1) is 22.2. The number of nitrogens with zero attached hydrogens (tertiary/aromatic N) is 3. The topological polar surface area (TPSA) is 65.3 Å². The number of amides is 1. The van der Waals surface area contributed by atoms with Crippen molar-refractivity contribution in [3.63, 3.8) is 0 Å². The molecule has 2 aromatic heterocycles. The largest absolute Gasteiger partial charge is 0.493 e. The predicted molar refractivity (Wildman–Crippen MR) is 126 cm³/mol. The molecule has 2 aromatic carbocycles. The summed E-state index contributed by atoms with van der Waals surface area (Å²) in [7, 11) is 4.96. The second-order valence-corrected chi connectivity index (χ2v) is 7.82. The number of fused-ring (bicyclic) bond motifs is 1. The van der Waals surface area contributed by atoms with Crippen molar-refractivity contribution in [1.82, 2.24) is 14.3 Å². The number of carbonyl (C=O) groups is 1. The molecule has 0 unspecified atom stereocenters. The van der Waals surface area contributed by atoms with Gasteiger partial charge in [0.15, 0.2) is 11.5 Å². The van der Waals surface area contributed by atoms with Gasteiger partial charge in [0.1, 0.15) is 18.0 Å². The number of ether oxygens (including phenoxy) is 3. The number of aryl methyl sites for hydroxylation is 1. The molecule has 0 bridgehead atoms. The Kier molecular flexibility index (Phi) is 6.49. The van der Waals surface area contributed by atoms with Crippen LogP contribution in [0, 0.1) is 6.92 Å². The molecule has 0 saturated carbocycles. The molecular weight excluding hydrogens is 418 g/mol. The van der Waals surface area contributed by atoms with Crippen LogP contribution in [0.2, 0.25) is 0 Å². The summed E-state index contributed by atoms with van der Waals surface area (Å²) in [6, 6.07) is 16.8. The summed E-state index contributed by atoms with van der Waals surface area (Å²) in [5, 5.41) is 0. The number of hydrogen-bond acceptors (Lipinski definition) is 5.